The zero-order valence-electron chi connectivity index (χ0n) is 12.9. The van der Waals surface area contributed by atoms with E-state index in [9.17, 15) is 0 Å². The highest BCUT2D eigenvalue weighted by atomic mass is 16.3. The Labute approximate surface area is 127 Å². The summed E-state index contributed by atoms with van der Waals surface area (Å²) in [5.41, 5.74) is 3.55. The van der Waals surface area contributed by atoms with Crippen molar-refractivity contribution in [2.75, 3.05) is 0 Å². The van der Waals surface area contributed by atoms with E-state index in [-0.39, 0.29) is 6.61 Å². The maximum Gasteiger partial charge on any atom is 0.0681 e. The van der Waals surface area contributed by atoms with Gasteiger partial charge in [-0.2, -0.15) is 0 Å². The molecule has 0 heterocycles. The molecule has 0 fully saturated rings. The number of aliphatic hydroxyl groups is 1. The van der Waals surface area contributed by atoms with Gasteiger partial charge in [-0.1, -0.05) is 68.4 Å². The lowest BCUT2D eigenvalue weighted by atomic mass is 9.97. The van der Waals surface area contributed by atoms with E-state index in [0.717, 1.165) is 18.5 Å². The predicted molar refractivity (Wildman–Crippen MR) is 87.8 cm³/mol. The van der Waals surface area contributed by atoms with Crippen LogP contribution in [0.4, 0.5) is 0 Å². The maximum atomic E-state index is 9.08. The van der Waals surface area contributed by atoms with E-state index in [2.05, 4.69) is 61.6 Å². The van der Waals surface area contributed by atoms with Crippen molar-refractivity contribution in [3.63, 3.8) is 0 Å². The van der Waals surface area contributed by atoms with Crippen LogP contribution >= 0.6 is 0 Å². The smallest absolute Gasteiger partial charge is 0.0681 e. The molecule has 2 rings (SSSR count). The zero-order valence-corrected chi connectivity index (χ0v) is 12.9. The molecule has 0 radical (unpaired) electrons. The van der Waals surface area contributed by atoms with Gasteiger partial charge in [-0.3, -0.25) is 0 Å². The summed E-state index contributed by atoms with van der Waals surface area (Å²) in [6, 6.07) is 19.1. The van der Waals surface area contributed by atoms with E-state index in [1.165, 1.54) is 11.1 Å². The Bertz CT molecular complexity index is 519. The van der Waals surface area contributed by atoms with Crippen molar-refractivity contribution in [3.05, 3.63) is 71.3 Å². The van der Waals surface area contributed by atoms with Gasteiger partial charge in [0, 0.05) is 12.6 Å². The average Bonchev–Trinajstić information content (AvgIpc) is 2.52. The number of nitrogens with one attached hydrogen (secondary N) is 1. The Morgan fingerprint density at radius 1 is 0.905 bits per heavy atom. The summed E-state index contributed by atoms with van der Waals surface area (Å²) in [4.78, 5) is 0. The van der Waals surface area contributed by atoms with Gasteiger partial charge in [0.1, 0.15) is 0 Å². The molecule has 2 nitrogen and oxygen atoms in total. The monoisotopic (exact) mass is 283 g/mol. The van der Waals surface area contributed by atoms with Crippen LogP contribution < -0.4 is 5.32 Å². The van der Waals surface area contributed by atoms with Gasteiger partial charge in [-0.15, -0.1) is 0 Å². The van der Waals surface area contributed by atoms with E-state index in [0.29, 0.717) is 12.0 Å². The van der Waals surface area contributed by atoms with Crippen LogP contribution in [0.3, 0.4) is 0 Å². The second-order valence-electron chi connectivity index (χ2n) is 5.95. The van der Waals surface area contributed by atoms with Crippen LogP contribution in [0.5, 0.6) is 0 Å². The van der Waals surface area contributed by atoms with Gasteiger partial charge in [0.05, 0.1) is 6.61 Å². The molecule has 2 aromatic rings. The number of rotatable bonds is 7. The van der Waals surface area contributed by atoms with Gasteiger partial charge in [0.2, 0.25) is 0 Å². The molecule has 2 N–H and O–H groups in total. The summed E-state index contributed by atoms with van der Waals surface area (Å²) in [7, 11) is 0. The largest absolute Gasteiger partial charge is 0.392 e. The number of hydrogen-bond acceptors (Lipinski definition) is 2. The second-order valence-corrected chi connectivity index (χ2v) is 5.95. The zero-order chi connectivity index (χ0) is 15.1. The topological polar surface area (TPSA) is 32.3 Å². The third kappa shape index (κ3) is 5.00. The van der Waals surface area contributed by atoms with Crippen molar-refractivity contribution >= 4 is 0 Å². The Kier molecular flexibility index (Phi) is 5.97. The summed E-state index contributed by atoms with van der Waals surface area (Å²) in [6.07, 6.45) is 1.12. The lowest BCUT2D eigenvalue weighted by molar-refractivity contribution is 0.282. The van der Waals surface area contributed by atoms with Gasteiger partial charge in [-0.25, -0.2) is 0 Å². The molecule has 1 atom stereocenters. The molecule has 0 saturated heterocycles. The van der Waals surface area contributed by atoms with Crippen LogP contribution in [-0.4, -0.2) is 5.11 Å². The lowest BCUT2D eigenvalue weighted by Crippen LogP contribution is -2.22. The molecule has 0 amide bonds. The second kappa shape index (κ2) is 7.96. The molecule has 0 aliphatic heterocycles. The van der Waals surface area contributed by atoms with Crippen LogP contribution in [0.2, 0.25) is 0 Å². The molecule has 0 spiro atoms. The van der Waals surface area contributed by atoms with Gasteiger partial charge < -0.3 is 10.4 Å². The molecule has 1 unspecified atom stereocenters. The van der Waals surface area contributed by atoms with Crippen LogP contribution in [0, 0.1) is 5.92 Å². The van der Waals surface area contributed by atoms with Crippen molar-refractivity contribution < 1.29 is 5.11 Å². The van der Waals surface area contributed by atoms with Crippen LogP contribution in [0.15, 0.2) is 54.6 Å². The Balaban J connectivity index is 2.01. The molecule has 0 aliphatic rings. The fourth-order valence-corrected chi connectivity index (χ4v) is 2.50. The van der Waals surface area contributed by atoms with E-state index in [1.54, 1.807) is 0 Å². The van der Waals surface area contributed by atoms with Crippen LogP contribution in [0.25, 0.3) is 0 Å². The van der Waals surface area contributed by atoms with Gasteiger partial charge in [-0.05, 0) is 29.0 Å². The van der Waals surface area contributed by atoms with E-state index in [4.69, 9.17) is 5.11 Å². The molecule has 0 aliphatic carbocycles. The summed E-state index contributed by atoms with van der Waals surface area (Å²) in [5.74, 6) is 0.652. The highest BCUT2D eigenvalue weighted by Gasteiger charge is 2.12. The first-order valence-electron chi connectivity index (χ1n) is 7.66. The van der Waals surface area contributed by atoms with Crippen LogP contribution in [0.1, 0.15) is 43.0 Å². The van der Waals surface area contributed by atoms with E-state index >= 15 is 0 Å². The highest BCUT2D eigenvalue weighted by Crippen LogP contribution is 2.21. The summed E-state index contributed by atoms with van der Waals surface area (Å²) >= 11 is 0. The number of hydrogen-bond donors (Lipinski definition) is 2. The fourth-order valence-electron chi connectivity index (χ4n) is 2.50. The lowest BCUT2D eigenvalue weighted by Gasteiger charge is -2.21. The van der Waals surface area contributed by atoms with Crippen molar-refractivity contribution in [2.24, 2.45) is 5.92 Å². The summed E-state index contributed by atoms with van der Waals surface area (Å²) in [6.45, 7) is 5.47. The first-order chi connectivity index (χ1) is 10.2. The molecule has 0 bridgehead atoms. The molecule has 0 aromatic heterocycles. The van der Waals surface area contributed by atoms with Crippen molar-refractivity contribution in [3.8, 4) is 0 Å². The average molecular weight is 283 g/mol. The molecule has 2 aromatic carbocycles. The van der Waals surface area contributed by atoms with E-state index < -0.39 is 0 Å². The predicted octanol–water partition coefficient (Wildman–Crippen LogP) is 4.06. The molecule has 21 heavy (non-hydrogen) atoms. The number of benzene rings is 2. The highest BCUT2D eigenvalue weighted by molar-refractivity contribution is 5.23. The van der Waals surface area contributed by atoms with Crippen molar-refractivity contribution in [2.45, 2.75) is 39.5 Å². The molecular formula is C19H25NO. The summed E-state index contributed by atoms with van der Waals surface area (Å²) < 4.78 is 0. The minimum atomic E-state index is 0.105. The first-order valence-corrected chi connectivity index (χ1v) is 7.66. The maximum absolute atomic E-state index is 9.08. The molecular weight excluding hydrogens is 258 g/mol. The normalized spacial score (nSPS) is 12.6. The molecule has 112 valence electrons. The third-order valence-corrected chi connectivity index (χ3v) is 3.67. The minimum absolute atomic E-state index is 0.105. The fraction of sp³-hybridized carbons (Fsp3) is 0.368. The van der Waals surface area contributed by atoms with E-state index in [1.807, 2.05) is 12.1 Å². The van der Waals surface area contributed by atoms with Crippen molar-refractivity contribution in [1.29, 1.82) is 0 Å². The Hall–Kier alpha value is -1.64. The van der Waals surface area contributed by atoms with Gasteiger partial charge in [0.15, 0.2) is 0 Å². The van der Waals surface area contributed by atoms with Crippen LogP contribution in [-0.2, 0) is 13.2 Å². The van der Waals surface area contributed by atoms with Gasteiger partial charge in [0.25, 0.3) is 0 Å². The Morgan fingerprint density at radius 2 is 1.52 bits per heavy atom. The molecule has 2 heteroatoms. The Morgan fingerprint density at radius 3 is 2.10 bits per heavy atom. The third-order valence-electron chi connectivity index (χ3n) is 3.67. The standard InChI is InChI=1S/C19H25NO/c1-15(2)12-19(18-6-4-3-5-7-18)20-13-16-8-10-17(14-21)11-9-16/h3-11,15,19-21H,12-14H2,1-2H3. The van der Waals surface area contributed by atoms with Crippen molar-refractivity contribution in [1.82, 2.24) is 5.32 Å². The van der Waals surface area contributed by atoms with Gasteiger partial charge >= 0.3 is 0 Å². The minimum Gasteiger partial charge on any atom is -0.392 e. The number of aliphatic hydroxyl groups excluding tert-OH is 1. The quantitative estimate of drug-likeness (QED) is 0.803. The SMILES string of the molecule is CC(C)CC(NCc1ccc(CO)cc1)c1ccccc1. The molecule has 0 saturated carbocycles. The summed E-state index contributed by atoms with van der Waals surface area (Å²) in [5, 5.41) is 12.7. The first kappa shape index (κ1) is 15.7.